The van der Waals surface area contributed by atoms with Crippen LogP contribution in [0.5, 0.6) is 0 Å². The number of nitrogens with one attached hydrogen (secondary N) is 1. The Balaban J connectivity index is 1.85. The van der Waals surface area contributed by atoms with Crippen LogP contribution in [0, 0.1) is 6.92 Å². The van der Waals surface area contributed by atoms with Gasteiger partial charge in [0, 0.05) is 17.7 Å². The van der Waals surface area contributed by atoms with Crippen molar-refractivity contribution in [2.45, 2.75) is 25.8 Å². The van der Waals surface area contributed by atoms with Crippen LogP contribution in [-0.2, 0) is 4.74 Å². The van der Waals surface area contributed by atoms with E-state index in [1.165, 1.54) is 11.3 Å². The summed E-state index contributed by atoms with van der Waals surface area (Å²) in [4.78, 5) is 18.1. The molecule has 1 unspecified atom stereocenters. The van der Waals surface area contributed by atoms with Crippen LogP contribution in [-0.4, -0.2) is 30.1 Å². The van der Waals surface area contributed by atoms with E-state index in [0.29, 0.717) is 17.2 Å². The van der Waals surface area contributed by atoms with Crippen molar-refractivity contribution < 1.29 is 9.53 Å². The zero-order valence-electron chi connectivity index (χ0n) is 11.3. The summed E-state index contributed by atoms with van der Waals surface area (Å²) in [6.07, 6.45) is 1.93. The van der Waals surface area contributed by atoms with Gasteiger partial charge in [-0.2, -0.15) is 0 Å². The maximum absolute atomic E-state index is 12.3. The quantitative estimate of drug-likeness (QED) is 0.888. The minimum absolute atomic E-state index is 0.0792. The number of thiophene rings is 1. The first kappa shape index (κ1) is 13.3. The normalized spacial score (nSPS) is 19.1. The number of anilines is 1. The smallest absolute Gasteiger partial charge is 0.263 e. The molecule has 5 nitrogen and oxygen atoms in total. The maximum Gasteiger partial charge on any atom is 0.263 e. The molecular formula is C14H17N3O2S. The molecule has 3 rings (SSSR count). The van der Waals surface area contributed by atoms with Gasteiger partial charge in [-0.25, -0.2) is 4.98 Å². The van der Waals surface area contributed by atoms with E-state index in [1.54, 1.807) is 0 Å². The molecule has 1 aliphatic rings. The predicted octanol–water partition coefficient (Wildman–Crippen LogP) is 2.10. The second-order valence-corrected chi connectivity index (χ2v) is 6.04. The minimum Gasteiger partial charge on any atom is -0.397 e. The summed E-state index contributed by atoms with van der Waals surface area (Å²) in [7, 11) is 0. The van der Waals surface area contributed by atoms with Crippen molar-refractivity contribution in [3.8, 4) is 0 Å². The zero-order chi connectivity index (χ0) is 14.1. The summed E-state index contributed by atoms with van der Waals surface area (Å²) < 4.78 is 5.37. The van der Waals surface area contributed by atoms with Gasteiger partial charge < -0.3 is 15.8 Å². The number of amides is 1. The van der Waals surface area contributed by atoms with E-state index < -0.39 is 0 Å². The van der Waals surface area contributed by atoms with Crippen LogP contribution in [0.2, 0.25) is 0 Å². The van der Waals surface area contributed by atoms with Crippen LogP contribution in [0.4, 0.5) is 5.69 Å². The second-order valence-electron chi connectivity index (χ2n) is 5.04. The van der Waals surface area contributed by atoms with Crippen molar-refractivity contribution in [3.05, 3.63) is 22.7 Å². The highest BCUT2D eigenvalue weighted by Gasteiger charge is 2.21. The number of aromatic nitrogens is 1. The Morgan fingerprint density at radius 1 is 1.55 bits per heavy atom. The number of nitrogen functional groups attached to an aromatic ring is 1. The predicted molar refractivity (Wildman–Crippen MR) is 80.1 cm³/mol. The molecule has 0 aromatic carbocycles. The molecule has 6 heteroatoms. The second kappa shape index (κ2) is 5.38. The van der Waals surface area contributed by atoms with Crippen LogP contribution in [0.25, 0.3) is 10.2 Å². The fourth-order valence-corrected chi connectivity index (χ4v) is 3.41. The summed E-state index contributed by atoms with van der Waals surface area (Å²) in [5, 5.41) is 3.84. The molecule has 1 fully saturated rings. The number of nitrogens with zero attached hydrogens (tertiary/aromatic N) is 1. The lowest BCUT2D eigenvalue weighted by molar-refractivity contribution is 0.0626. The van der Waals surface area contributed by atoms with Crippen LogP contribution in [0.1, 0.15) is 28.2 Å². The molecule has 0 saturated carbocycles. The number of carbonyl (C=O) groups excluding carboxylic acids is 1. The molecule has 0 bridgehead atoms. The lowest BCUT2D eigenvalue weighted by Gasteiger charge is -2.22. The monoisotopic (exact) mass is 291 g/mol. The first-order chi connectivity index (χ1) is 9.65. The summed E-state index contributed by atoms with van der Waals surface area (Å²) >= 11 is 1.35. The largest absolute Gasteiger partial charge is 0.397 e. The van der Waals surface area contributed by atoms with Gasteiger partial charge in [0.1, 0.15) is 9.71 Å². The highest BCUT2D eigenvalue weighted by molar-refractivity contribution is 7.21. The van der Waals surface area contributed by atoms with Crippen molar-refractivity contribution in [1.82, 2.24) is 10.3 Å². The summed E-state index contributed by atoms with van der Waals surface area (Å²) in [6, 6.07) is 3.90. The van der Waals surface area contributed by atoms with Crippen LogP contribution in [0.15, 0.2) is 12.1 Å². The van der Waals surface area contributed by atoms with E-state index >= 15 is 0 Å². The first-order valence-corrected chi connectivity index (χ1v) is 7.51. The van der Waals surface area contributed by atoms with Crippen LogP contribution < -0.4 is 11.1 Å². The average Bonchev–Trinajstić information content (AvgIpc) is 2.76. The van der Waals surface area contributed by atoms with Crippen molar-refractivity contribution in [2.24, 2.45) is 0 Å². The molecule has 2 aromatic heterocycles. The molecule has 1 saturated heterocycles. The van der Waals surface area contributed by atoms with Gasteiger partial charge in [-0.05, 0) is 31.9 Å². The Morgan fingerprint density at radius 3 is 3.15 bits per heavy atom. The average molecular weight is 291 g/mol. The van der Waals surface area contributed by atoms with Gasteiger partial charge in [0.2, 0.25) is 0 Å². The molecular weight excluding hydrogens is 274 g/mol. The molecule has 0 radical (unpaired) electrons. The SMILES string of the molecule is Cc1ccc2c(N)c(C(=O)NC3CCCOC3)sc2n1. The molecule has 3 N–H and O–H groups in total. The molecule has 0 spiro atoms. The number of fused-ring (bicyclic) bond motifs is 1. The molecule has 1 amide bonds. The van der Waals surface area contributed by atoms with Gasteiger partial charge in [-0.15, -0.1) is 11.3 Å². The van der Waals surface area contributed by atoms with Gasteiger partial charge in [0.25, 0.3) is 5.91 Å². The van der Waals surface area contributed by atoms with Crippen molar-refractivity contribution >= 4 is 33.1 Å². The fraction of sp³-hybridized carbons (Fsp3) is 0.429. The highest BCUT2D eigenvalue weighted by atomic mass is 32.1. The number of ether oxygens (including phenoxy) is 1. The molecule has 2 aromatic rings. The third-order valence-electron chi connectivity index (χ3n) is 3.43. The lowest BCUT2D eigenvalue weighted by atomic mass is 10.1. The zero-order valence-corrected chi connectivity index (χ0v) is 12.1. The minimum atomic E-state index is -0.126. The van der Waals surface area contributed by atoms with Gasteiger partial charge in [-0.3, -0.25) is 4.79 Å². The Bertz CT molecular complexity index is 647. The van der Waals surface area contributed by atoms with Crippen molar-refractivity contribution in [2.75, 3.05) is 18.9 Å². The van der Waals surface area contributed by atoms with Gasteiger partial charge >= 0.3 is 0 Å². The number of carbonyl (C=O) groups is 1. The highest BCUT2D eigenvalue weighted by Crippen LogP contribution is 2.32. The third-order valence-corrected chi connectivity index (χ3v) is 4.55. The third kappa shape index (κ3) is 2.48. The summed E-state index contributed by atoms with van der Waals surface area (Å²) in [5.41, 5.74) is 7.52. The standard InChI is InChI=1S/C14H17N3O2S/c1-8-4-5-10-11(15)12(20-14(10)16-8)13(18)17-9-3-2-6-19-7-9/h4-5,9H,2-3,6-7,15H2,1H3,(H,17,18). The van der Waals surface area contributed by atoms with Gasteiger partial charge in [0.05, 0.1) is 18.3 Å². The Morgan fingerprint density at radius 2 is 2.40 bits per heavy atom. The molecule has 20 heavy (non-hydrogen) atoms. The Hall–Kier alpha value is -1.66. The number of hydrogen-bond acceptors (Lipinski definition) is 5. The van der Waals surface area contributed by atoms with Gasteiger partial charge in [0.15, 0.2) is 0 Å². The van der Waals surface area contributed by atoms with Crippen molar-refractivity contribution in [1.29, 1.82) is 0 Å². The van der Waals surface area contributed by atoms with E-state index in [9.17, 15) is 4.79 Å². The topological polar surface area (TPSA) is 77.2 Å². The van der Waals surface area contributed by atoms with E-state index in [4.69, 9.17) is 10.5 Å². The van der Waals surface area contributed by atoms with E-state index in [2.05, 4.69) is 10.3 Å². The molecule has 106 valence electrons. The van der Waals surface area contributed by atoms with Crippen LogP contribution in [0.3, 0.4) is 0 Å². The molecule has 0 aliphatic carbocycles. The van der Waals surface area contributed by atoms with Crippen molar-refractivity contribution in [3.63, 3.8) is 0 Å². The van der Waals surface area contributed by atoms with Gasteiger partial charge in [-0.1, -0.05) is 0 Å². The molecule has 3 heterocycles. The van der Waals surface area contributed by atoms with Crippen LogP contribution >= 0.6 is 11.3 Å². The summed E-state index contributed by atoms with van der Waals surface area (Å²) in [5.74, 6) is -0.126. The van der Waals surface area contributed by atoms with E-state index in [-0.39, 0.29) is 11.9 Å². The molecule has 1 atom stereocenters. The number of hydrogen-bond donors (Lipinski definition) is 2. The number of pyridine rings is 1. The fourth-order valence-electron chi connectivity index (χ4n) is 2.36. The Labute approximate surface area is 121 Å². The number of nitrogens with two attached hydrogens (primary N) is 1. The maximum atomic E-state index is 12.3. The number of rotatable bonds is 2. The van der Waals surface area contributed by atoms with E-state index in [1.807, 2.05) is 19.1 Å². The Kier molecular flexibility index (Phi) is 3.58. The lowest BCUT2D eigenvalue weighted by Crippen LogP contribution is -2.40. The molecule has 1 aliphatic heterocycles. The summed E-state index contributed by atoms with van der Waals surface area (Å²) in [6.45, 7) is 3.28. The number of aryl methyl sites for hydroxylation is 1. The first-order valence-electron chi connectivity index (χ1n) is 6.69. The van der Waals surface area contributed by atoms with E-state index in [0.717, 1.165) is 35.4 Å².